The molecule has 1 aliphatic rings. The summed E-state index contributed by atoms with van der Waals surface area (Å²) in [5.41, 5.74) is 5.21. The number of nitrogens with zero attached hydrogens (tertiary/aromatic N) is 4. The lowest BCUT2D eigenvalue weighted by Crippen LogP contribution is -2.25. The van der Waals surface area contributed by atoms with E-state index in [4.69, 9.17) is 11.3 Å². The van der Waals surface area contributed by atoms with Gasteiger partial charge in [0.1, 0.15) is 11.5 Å². The molecule has 0 unspecified atom stereocenters. The summed E-state index contributed by atoms with van der Waals surface area (Å²) in [4.78, 5) is 8.39. The first-order chi connectivity index (χ1) is 22.0. The molecular formula is C40H50N4O. The fraction of sp³-hybridized carbons (Fsp3) is 0.400. The van der Waals surface area contributed by atoms with E-state index in [1.54, 1.807) is 12.2 Å². The summed E-state index contributed by atoms with van der Waals surface area (Å²) in [7, 11) is 0. The van der Waals surface area contributed by atoms with Crippen LogP contribution >= 0.6 is 0 Å². The van der Waals surface area contributed by atoms with E-state index in [0.717, 1.165) is 37.3 Å². The molecule has 2 aromatic rings. The van der Waals surface area contributed by atoms with Crippen molar-refractivity contribution < 1.29 is 4.74 Å². The molecule has 0 atom stereocenters. The molecule has 0 spiro atoms. The standard InChI is InChI=1S/C40H50N4O/c1-6-10-26-43(27-11-7-2)36-20-14-33(15-21-36)18-24-38-30-35(40(32-41)42-5)31-39(45-38)25-19-34-16-22-37(23-17-34)44(28-12-8-3)29-13-9-4/h14-25,30-31H,6-13,26-29H2,1-4H3/b24-18+,25-19+. The highest BCUT2D eigenvalue weighted by atomic mass is 16.5. The molecule has 0 saturated heterocycles. The van der Waals surface area contributed by atoms with Crippen LogP contribution < -0.4 is 9.80 Å². The molecule has 0 amide bonds. The number of unbranched alkanes of at least 4 members (excludes halogenated alkanes) is 4. The highest BCUT2D eigenvalue weighted by Crippen LogP contribution is 2.26. The second-order valence-corrected chi connectivity index (χ2v) is 11.5. The normalized spacial score (nSPS) is 12.8. The number of ether oxygens (including phenoxy) is 1. The van der Waals surface area contributed by atoms with E-state index in [-0.39, 0.29) is 5.70 Å². The lowest BCUT2D eigenvalue weighted by Gasteiger charge is -2.24. The monoisotopic (exact) mass is 602 g/mol. The molecule has 0 aliphatic carbocycles. The molecular weight excluding hydrogens is 552 g/mol. The zero-order chi connectivity index (χ0) is 32.3. The Hall–Kier alpha value is -4.48. The van der Waals surface area contributed by atoms with Crippen LogP contribution in [-0.4, -0.2) is 26.2 Å². The van der Waals surface area contributed by atoms with Crippen LogP contribution in [0.2, 0.25) is 0 Å². The predicted octanol–water partition coefficient (Wildman–Crippen LogP) is 10.7. The molecule has 0 N–H and O–H groups in total. The van der Waals surface area contributed by atoms with Crippen LogP contribution in [0.15, 0.2) is 95.6 Å². The zero-order valence-electron chi connectivity index (χ0n) is 27.8. The third-order valence-corrected chi connectivity index (χ3v) is 7.85. The van der Waals surface area contributed by atoms with Crippen LogP contribution in [0.4, 0.5) is 11.4 Å². The zero-order valence-corrected chi connectivity index (χ0v) is 27.8. The summed E-state index contributed by atoms with van der Waals surface area (Å²) in [6.45, 7) is 20.7. The summed E-state index contributed by atoms with van der Waals surface area (Å²) >= 11 is 0. The van der Waals surface area contributed by atoms with Crippen LogP contribution in [0.3, 0.4) is 0 Å². The summed E-state index contributed by atoms with van der Waals surface area (Å²) < 4.78 is 6.19. The average Bonchev–Trinajstić information content (AvgIpc) is 3.08. The largest absolute Gasteiger partial charge is 0.457 e. The van der Waals surface area contributed by atoms with Gasteiger partial charge in [0.2, 0.25) is 0 Å². The molecule has 236 valence electrons. The maximum Gasteiger partial charge on any atom is 0.269 e. The van der Waals surface area contributed by atoms with Crippen molar-refractivity contribution in [2.24, 2.45) is 0 Å². The molecule has 1 heterocycles. The first-order valence-corrected chi connectivity index (χ1v) is 16.7. The van der Waals surface area contributed by atoms with Crippen molar-refractivity contribution in [3.05, 3.63) is 118 Å². The quantitative estimate of drug-likeness (QED) is 0.126. The average molecular weight is 603 g/mol. The Kier molecular flexibility index (Phi) is 15.3. The minimum atomic E-state index is 0.0438. The van der Waals surface area contributed by atoms with Gasteiger partial charge in [-0.3, -0.25) is 0 Å². The van der Waals surface area contributed by atoms with Crippen molar-refractivity contribution in [1.29, 1.82) is 5.26 Å². The fourth-order valence-electron chi connectivity index (χ4n) is 5.08. The van der Waals surface area contributed by atoms with Crippen LogP contribution in [0.1, 0.15) is 90.2 Å². The van der Waals surface area contributed by atoms with Gasteiger partial charge in [0.05, 0.1) is 12.6 Å². The Morgan fingerprint density at radius 2 is 1.04 bits per heavy atom. The molecule has 2 aromatic carbocycles. The third kappa shape index (κ3) is 11.5. The van der Waals surface area contributed by atoms with Gasteiger partial charge in [-0.15, -0.1) is 0 Å². The minimum Gasteiger partial charge on any atom is -0.457 e. The molecule has 5 nitrogen and oxygen atoms in total. The Labute approximate surface area is 272 Å². The lowest BCUT2D eigenvalue weighted by molar-refractivity contribution is 0.332. The van der Waals surface area contributed by atoms with Crippen molar-refractivity contribution in [3.8, 4) is 6.07 Å². The maximum absolute atomic E-state index is 9.56. The second-order valence-electron chi connectivity index (χ2n) is 11.5. The van der Waals surface area contributed by atoms with Gasteiger partial charge in [-0.25, -0.2) is 10.1 Å². The molecule has 0 fully saturated rings. The molecule has 3 rings (SSSR count). The van der Waals surface area contributed by atoms with E-state index in [2.05, 4.69) is 90.9 Å². The third-order valence-electron chi connectivity index (χ3n) is 7.85. The lowest BCUT2D eigenvalue weighted by atomic mass is 10.1. The van der Waals surface area contributed by atoms with Crippen molar-refractivity contribution in [3.63, 3.8) is 0 Å². The summed E-state index contributed by atoms with van der Waals surface area (Å²) in [5.74, 6) is 1.16. The number of benzene rings is 2. The van der Waals surface area contributed by atoms with E-state index >= 15 is 0 Å². The summed E-state index contributed by atoms with van der Waals surface area (Å²) in [5, 5.41) is 9.56. The predicted molar refractivity (Wildman–Crippen MR) is 192 cm³/mol. The van der Waals surface area contributed by atoms with Crippen LogP contribution in [0.25, 0.3) is 17.0 Å². The van der Waals surface area contributed by atoms with Crippen LogP contribution in [0, 0.1) is 17.9 Å². The van der Waals surface area contributed by atoms with Crippen LogP contribution in [0.5, 0.6) is 0 Å². The van der Waals surface area contributed by atoms with E-state index in [1.165, 1.54) is 62.7 Å². The van der Waals surface area contributed by atoms with Gasteiger partial charge in [0, 0.05) is 37.6 Å². The SMILES string of the molecule is [C-]#[N+]C(C#N)=C1C=C(/C=C/c2ccc(N(CCCC)CCCC)cc2)OC(/C=C/c2ccc(N(CCCC)CCCC)cc2)=C1. The van der Waals surface area contributed by atoms with Gasteiger partial charge >= 0.3 is 0 Å². The number of rotatable bonds is 18. The number of hydrogen-bond donors (Lipinski definition) is 0. The first-order valence-electron chi connectivity index (χ1n) is 16.7. The smallest absolute Gasteiger partial charge is 0.269 e. The van der Waals surface area contributed by atoms with Gasteiger partial charge in [-0.05, 0) is 91.0 Å². The summed E-state index contributed by atoms with van der Waals surface area (Å²) in [6.07, 6.45) is 20.8. The molecule has 0 radical (unpaired) electrons. The summed E-state index contributed by atoms with van der Waals surface area (Å²) in [6, 6.07) is 19.3. The van der Waals surface area contributed by atoms with E-state index in [1.807, 2.05) is 30.4 Å². The number of allylic oxidation sites excluding steroid dienone is 6. The molecule has 0 saturated carbocycles. The van der Waals surface area contributed by atoms with Gasteiger partial charge in [-0.1, -0.05) is 89.8 Å². The van der Waals surface area contributed by atoms with E-state index in [9.17, 15) is 5.26 Å². The van der Waals surface area contributed by atoms with Gasteiger partial charge in [0.25, 0.3) is 5.70 Å². The van der Waals surface area contributed by atoms with Crippen molar-refractivity contribution in [2.45, 2.75) is 79.1 Å². The number of nitriles is 1. The molecule has 45 heavy (non-hydrogen) atoms. The van der Waals surface area contributed by atoms with Gasteiger partial charge in [-0.2, -0.15) is 0 Å². The molecule has 1 aliphatic heterocycles. The van der Waals surface area contributed by atoms with Gasteiger partial charge < -0.3 is 14.5 Å². The topological polar surface area (TPSA) is 43.9 Å². The molecule has 5 heteroatoms. The van der Waals surface area contributed by atoms with Crippen molar-refractivity contribution >= 4 is 23.5 Å². The Morgan fingerprint density at radius 1 is 0.667 bits per heavy atom. The Morgan fingerprint density at radius 3 is 1.36 bits per heavy atom. The second kappa shape index (κ2) is 19.7. The molecule has 0 aromatic heterocycles. The van der Waals surface area contributed by atoms with Crippen LogP contribution in [-0.2, 0) is 4.74 Å². The maximum atomic E-state index is 9.56. The fourth-order valence-corrected chi connectivity index (χ4v) is 5.08. The van der Waals surface area contributed by atoms with E-state index < -0.39 is 0 Å². The van der Waals surface area contributed by atoms with Crippen molar-refractivity contribution in [1.82, 2.24) is 0 Å². The number of anilines is 2. The Bertz CT molecular complexity index is 1310. The first kappa shape index (κ1) is 35.0. The van der Waals surface area contributed by atoms with Gasteiger partial charge in [0.15, 0.2) is 0 Å². The molecule has 0 bridgehead atoms. The minimum absolute atomic E-state index is 0.0438. The Balaban J connectivity index is 1.76. The number of hydrogen-bond acceptors (Lipinski definition) is 4. The van der Waals surface area contributed by atoms with E-state index in [0.29, 0.717) is 17.1 Å². The van der Waals surface area contributed by atoms with Crippen molar-refractivity contribution in [2.75, 3.05) is 36.0 Å². The highest BCUT2D eigenvalue weighted by Gasteiger charge is 2.12. The highest BCUT2D eigenvalue weighted by molar-refractivity contribution is 5.62.